The summed E-state index contributed by atoms with van der Waals surface area (Å²) < 4.78 is 60.6. The average molecular weight is 583 g/mol. The van der Waals surface area contributed by atoms with E-state index >= 15 is 4.39 Å². The maximum atomic E-state index is 15.5. The number of alkyl halides is 3. The minimum absolute atomic E-state index is 0.0723. The van der Waals surface area contributed by atoms with E-state index < -0.39 is 29.6 Å². The zero-order valence-electron chi connectivity index (χ0n) is 22.1. The van der Waals surface area contributed by atoms with Crippen molar-refractivity contribution < 1.29 is 32.5 Å². The first-order chi connectivity index (χ1) is 18.9. The van der Waals surface area contributed by atoms with Crippen LogP contribution in [0.25, 0.3) is 22.2 Å². The number of nitrogens with one attached hydrogen (secondary N) is 1. The summed E-state index contributed by atoms with van der Waals surface area (Å²) in [6.45, 7) is 4.42. The predicted octanol–water partition coefficient (Wildman–Crippen LogP) is 6.11. The maximum absolute atomic E-state index is 15.5. The van der Waals surface area contributed by atoms with Crippen molar-refractivity contribution in [3.8, 4) is 11.3 Å². The fraction of sp³-hybridized carbons (Fsp3) is 0.536. The summed E-state index contributed by atoms with van der Waals surface area (Å²) in [6.07, 6.45) is -2.26. The van der Waals surface area contributed by atoms with Crippen molar-refractivity contribution in [3.63, 3.8) is 0 Å². The van der Waals surface area contributed by atoms with Crippen LogP contribution in [0.2, 0.25) is 5.02 Å². The zero-order chi connectivity index (χ0) is 28.8. The molecule has 0 bridgehead atoms. The molecule has 1 aliphatic heterocycles. The standard InChI is InChI=1S/C28H31ClF4N4O3/c1-14(2)23-17-9-15(24-19(29)12-35-26(37-24)36-21-5-8-40-13-22(21)38)10-20(30)25(17)34-11-18(23)27(39)6-3-16(4-7-27)28(31,32)33/h9-12,14,16,21-22,38-39H,3-8,13H2,1-2H3,(H,35,36,37)/t16?,21-,22-,27?/m1/s1. The van der Waals surface area contributed by atoms with Gasteiger partial charge >= 0.3 is 6.18 Å². The molecule has 2 fully saturated rings. The Balaban J connectivity index is 1.56. The minimum Gasteiger partial charge on any atom is -0.389 e. The Kier molecular flexibility index (Phi) is 7.95. The molecule has 2 atom stereocenters. The number of pyridine rings is 1. The van der Waals surface area contributed by atoms with E-state index in [1.807, 2.05) is 13.8 Å². The number of fused-ring (bicyclic) bond motifs is 1. The molecule has 3 aromatic rings. The molecule has 0 spiro atoms. The van der Waals surface area contributed by atoms with Gasteiger partial charge in [-0.3, -0.25) is 4.98 Å². The molecule has 2 aliphatic rings. The Morgan fingerprint density at radius 3 is 2.50 bits per heavy atom. The highest BCUT2D eigenvalue weighted by molar-refractivity contribution is 6.33. The third-order valence-electron chi connectivity index (χ3n) is 7.98. The van der Waals surface area contributed by atoms with E-state index in [0.717, 1.165) is 0 Å². The van der Waals surface area contributed by atoms with E-state index in [1.54, 1.807) is 6.07 Å². The molecule has 5 rings (SSSR count). The van der Waals surface area contributed by atoms with Crippen molar-refractivity contribution in [1.29, 1.82) is 0 Å². The summed E-state index contributed by atoms with van der Waals surface area (Å²) in [5, 5.41) is 25.5. The molecule has 0 radical (unpaired) electrons. The number of rotatable bonds is 5. The zero-order valence-corrected chi connectivity index (χ0v) is 22.9. The molecular formula is C28H31ClF4N4O3. The van der Waals surface area contributed by atoms with E-state index in [4.69, 9.17) is 16.3 Å². The normalized spacial score (nSPS) is 25.9. The number of aromatic nitrogens is 3. The smallest absolute Gasteiger partial charge is 0.389 e. The van der Waals surface area contributed by atoms with Gasteiger partial charge in [0.1, 0.15) is 11.3 Å². The topological polar surface area (TPSA) is 100 Å². The Hall–Kier alpha value is -2.60. The van der Waals surface area contributed by atoms with Gasteiger partial charge in [0.05, 0.1) is 47.2 Å². The van der Waals surface area contributed by atoms with Gasteiger partial charge in [0.25, 0.3) is 0 Å². The number of benzene rings is 1. The molecule has 216 valence electrons. The second-order valence-corrected chi connectivity index (χ2v) is 11.4. The SMILES string of the molecule is CC(C)c1c(C2(O)CCC(C(F)(F)F)CC2)cnc2c(F)cc(-c3nc(N[C@@H]4CCOC[C@H]4O)ncc3Cl)cc12. The molecule has 1 aromatic carbocycles. The van der Waals surface area contributed by atoms with Gasteiger partial charge in [-0.15, -0.1) is 0 Å². The molecular weight excluding hydrogens is 552 g/mol. The van der Waals surface area contributed by atoms with Crippen LogP contribution in [-0.4, -0.2) is 56.7 Å². The number of anilines is 1. The molecule has 3 heterocycles. The van der Waals surface area contributed by atoms with Gasteiger partial charge in [-0.05, 0) is 55.7 Å². The number of nitrogens with zero attached hydrogens (tertiary/aromatic N) is 3. The Morgan fingerprint density at radius 2 is 1.85 bits per heavy atom. The Morgan fingerprint density at radius 1 is 1.12 bits per heavy atom. The second-order valence-electron chi connectivity index (χ2n) is 11.0. The van der Waals surface area contributed by atoms with E-state index in [1.165, 1.54) is 18.5 Å². The Labute approximate surface area is 234 Å². The van der Waals surface area contributed by atoms with E-state index in [-0.39, 0.29) is 66.4 Å². The summed E-state index contributed by atoms with van der Waals surface area (Å²) >= 11 is 6.44. The number of aliphatic hydroxyl groups is 2. The monoisotopic (exact) mass is 582 g/mol. The molecule has 2 aromatic heterocycles. The first-order valence-corrected chi connectivity index (χ1v) is 13.7. The number of hydrogen-bond donors (Lipinski definition) is 3. The largest absolute Gasteiger partial charge is 0.391 e. The molecule has 0 amide bonds. The van der Waals surface area contributed by atoms with Crippen LogP contribution in [0.4, 0.5) is 23.5 Å². The third-order valence-corrected chi connectivity index (χ3v) is 8.26. The molecule has 1 saturated heterocycles. The molecule has 1 saturated carbocycles. The van der Waals surface area contributed by atoms with Gasteiger partial charge in [0, 0.05) is 29.3 Å². The lowest BCUT2D eigenvalue weighted by molar-refractivity contribution is -0.193. The van der Waals surface area contributed by atoms with Gasteiger partial charge in [-0.1, -0.05) is 25.4 Å². The van der Waals surface area contributed by atoms with Gasteiger partial charge in [0.15, 0.2) is 0 Å². The van der Waals surface area contributed by atoms with Crippen LogP contribution >= 0.6 is 11.6 Å². The molecule has 12 heteroatoms. The third kappa shape index (κ3) is 5.61. The molecule has 1 aliphatic carbocycles. The molecule has 3 N–H and O–H groups in total. The lowest BCUT2D eigenvalue weighted by atomic mass is 9.72. The van der Waals surface area contributed by atoms with Crippen molar-refractivity contribution in [2.45, 2.75) is 75.8 Å². The average Bonchev–Trinajstić information content (AvgIpc) is 2.90. The van der Waals surface area contributed by atoms with Crippen molar-refractivity contribution in [1.82, 2.24) is 15.0 Å². The number of hydrogen-bond acceptors (Lipinski definition) is 7. The summed E-state index contributed by atoms with van der Waals surface area (Å²) in [7, 11) is 0. The second kappa shape index (κ2) is 11.0. The van der Waals surface area contributed by atoms with E-state index in [9.17, 15) is 23.4 Å². The number of halogens is 5. The van der Waals surface area contributed by atoms with E-state index in [2.05, 4.69) is 20.3 Å². The quantitative estimate of drug-likeness (QED) is 0.312. The lowest BCUT2D eigenvalue weighted by Crippen LogP contribution is -2.42. The maximum Gasteiger partial charge on any atom is 0.391 e. The van der Waals surface area contributed by atoms with Crippen molar-refractivity contribution in [2.24, 2.45) is 5.92 Å². The summed E-state index contributed by atoms with van der Waals surface area (Å²) in [5.41, 5.74) is 0.207. The highest BCUT2D eigenvalue weighted by Gasteiger charge is 2.46. The van der Waals surface area contributed by atoms with Crippen LogP contribution in [0.3, 0.4) is 0 Å². The summed E-state index contributed by atoms with van der Waals surface area (Å²) in [6, 6.07) is 2.63. The first kappa shape index (κ1) is 28.9. The van der Waals surface area contributed by atoms with Crippen LogP contribution in [0, 0.1) is 11.7 Å². The van der Waals surface area contributed by atoms with Crippen LogP contribution in [0.15, 0.2) is 24.5 Å². The number of aliphatic hydroxyl groups excluding tert-OH is 1. The highest BCUT2D eigenvalue weighted by Crippen LogP contribution is 2.48. The number of ether oxygens (including phenoxy) is 1. The highest BCUT2D eigenvalue weighted by atomic mass is 35.5. The molecule has 0 unspecified atom stereocenters. The van der Waals surface area contributed by atoms with Gasteiger partial charge < -0.3 is 20.3 Å². The minimum atomic E-state index is -4.31. The van der Waals surface area contributed by atoms with Crippen molar-refractivity contribution in [3.05, 3.63) is 46.5 Å². The lowest BCUT2D eigenvalue weighted by Gasteiger charge is -2.38. The Bertz CT molecular complexity index is 1400. The van der Waals surface area contributed by atoms with Crippen LogP contribution in [-0.2, 0) is 10.3 Å². The van der Waals surface area contributed by atoms with Crippen LogP contribution < -0.4 is 5.32 Å². The van der Waals surface area contributed by atoms with Gasteiger partial charge in [0.2, 0.25) is 5.95 Å². The molecule has 40 heavy (non-hydrogen) atoms. The summed E-state index contributed by atoms with van der Waals surface area (Å²) in [5.74, 6) is -2.08. The van der Waals surface area contributed by atoms with Gasteiger partial charge in [-0.25, -0.2) is 14.4 Å². The van der Waals surface area contributed by atoms with Crippen molar-refractivity contribution in [2.75, 3.05) is 18.5 Å². The van der Waals surface area contributed by atoms with Crippen LogP contribution in [0.5, 0.6) is 0 Å². The fourth-order valence-corrected chi connectivity index (χ4v) is 6.00. The van der Waals surface area contributed by atoms with E-state index in [0.29, 0.717) is 35.1 Å². The van der Waals surface area contributed by atoms with Crippen LogP contribution in [0.1, 0.15) is 63.0 Å². The summed E-state index contributed by atoms with van der Waals surface area (Å²) in [4.78, 5) is 13.0. The molecule has 7 nitrogen and oxygen atoms in total. The van der Waals surface area contributed by atoms with Crippen molar-refractivity contribution >= 4 is 28.5 Å². The fourth-order valence-electron chi connectivity index (χ4n) is 5.80. The van der Waals surface area contributed by atoms with Gasteiger partial charge in [-0.2, -0.15) is 13.2 Å². The predicted molar refractivity (Wildman–Crippen MR) is 143 cm³/mol. The first-order valence-electron chi connectivity index (χ1n) is 13.3.